The molecule has 0 saturated heterocycles. The van der Waals surface area contributed by atoms with Crippen molar-refractivity contribution in [1.82, 2.24) is 25.2 Å². The van der Waals surface area contributed by atoms with Gasteiger partial charge in [0.15, 0.2) is 12.4 Å². The topological polar surface area (TPSA) is 93.8 Å². The molecule has 0 spiro atoms. The largest absolute Gasteiger partial charge is 0.480 e. The average Bonchev–Trinajstić information content (AvgIpc) is 2.66. The van der Waals surface area contributed by atoms with Gasteiger partial charge < -0.3 is 5.11 Å². The summed E-state index contributed by atoms with van der Waals surface area (Å²) in [5.41, 5.74) is 0.817. The van der Waals surface area contributed by atoms with E-state index in [-0.39, 0.29) is 6.54 Å². The summed E-state index contributed by atoms with van der Waals surface area (Å²) in [6.07, 6.45) is 2.12. The first-order chi connectivity index (χ1) is 7.74. The molecule has 2 rings (SSSR count). The molecule has 0 bridgehead atoms. The lowest BCUT2D eigenvalue weighted by atomic mass is 10.3. The minimum Gasteiger partial charge on any atom is -0.480 e. The molecule has 0 aliphatic rings. The molecule has 1 N–H and O–H groups in total. The van der Waals surface area contributed by atoms with E-state index in [9.17, 15) is 4.79 Å². The summed E-state index contributed by atoms with van der Waals surface area (Å²) in [6.45, 7) is -0.283. The SMILES string of the molecule is O=C(O)Cn1nnc(Cc2ccccn2)n1. The maximum atomic E-state index is 10.4. The number of hydrogen-bond donors (Lipinski definition) is 1. The van der Waals surface area contributed by atoms with Crippen molar-refractivity contribution in [3.8, 4) is 0 Å². The van der Waals surface area contributed by atoms with E-state index in [0.717, 1.165) is 10.5 Å². The molecular formula is C9H9N5O2. The van der Waals surface area contributed by atoms with Gasteiger partial charge in [-0.05, 0) is 17.3 Å². The van der Waals surface area contributed by atoms with Gasteiger partial charge in [0, 0.05) is 11.9 Å². The molecule has 7 heteroatoms. The Balaban J connectivity index is 2.06. The van der Waals surface area contributed by atoms with E-state index in [0.29, 0.717) is 12.2 Å². The van der Waals surface area contributed by atoms with E-state index in [2.05, 4.69) is 20.4 Å². The number of carbonyl (C=O) groups is 1. The zero-order valence-corrected chi connectivity index (χ0v) is 8.32. The highest BCUT2D eigenvalue weighted by Crippen LogP contribution is 1.99. The molecule has 82 valence electrons. The van der Waals surface area contributed by atoms with Gasteiger partial charge in [-0.2, -0.15) is 4.80 Å². The highest BCUT2D eigenvalue weighted by atomic mass is 16.4. The summed E-state index contributed by atoms with van der Waals surface area (Å²) in [5, 5.41) is 19.8. The lowest BCUT2D eigenvalue weighted by Gasteiger charge is -1.93. The third-order valence-corrected chi connectivity index (χ3v) is 1.84. The molecule has 0 aromatic carbocycles. The number of carboxylic acid groups (broad SMARTS) is 1. The fourth-order valence-electron chi connectivity index (χ4n) is 1.20. The van der Waals surface area contributed by atoms with Crippen molar-refractivity contribution in [3.05, 3.63) is 35.9 Å². The van der Waals surface area contributed by atoms with Crippen LogP contribution in [0.1, 0.15) is 11.5 Å². The predicted octanol–water partition coefficient (Wildman–Crippen LogP) is -0.257. The van der Waals surface area contributed by atoms with E-state index >= 15 is 0 Å². The van der Waals surface area contributed by atoms with E-state index in [1.807, 2.05) is 18.2 Å². The first-order valence-corrected chi connectivity index (χ1v) is 4.62. The summed E-state index contributed by atoms with van der Waals surface area (Å²) in [7, 11) is 0. The summed E-state index contributed by atoms with van der Waals surface area (Å²) in [4.78, 5) is 15.5. The minimum absolute atomic E-state index is 0.283. The highest BCUT2D eigenvalue weighted by Gasteiger charge is 2.06. The second kappa shape index (κ2) is 4.47. The van der Waals surface area contributed by atoms with Gasteiger partial charge >= 0.3 is 5.97 Å². The molecular weight excluding hydrogens is 210 g/mol. The van der Waals surface area contributed by atoms with E-state index in [4.69, 9.17) is 5.11 Å². The smallest absolute Gasteiger partial charge is 0.327 e. The second-order valence-electron chi connectivity index (χ2n) is 3.13. The highest BCUT2D eigenvalue weighted by molar-refractivity contribution is 5.66. The summed E-state index contributed by atoms with van der Waals surface area (Å²) in [6, 6.07) is 5.53. The molecule has 0 unspecified atom stereocenters. The van der Waals surface area contributed by atoms with Crippen LogP contribution in [-0.4, -0.2) is 36.3 Å². The molecule has 0 radical (unpaired) electrons. The first kappa shape index (κ1) is 10.2. The molecule has 0 aliphatic carbocycles. The van der Waals surface area contributed by atoms with Crippen molar-refractivity contribution >= 4 is 5.97 Å². The Morgan fingerprint density at radius 1 is 1.44 bits per heavy atom. The minimum atomic E-state index is -0.998. The average molecular weight is 219 g/mol. The normalized spacial score (nSPS) is 10.2. The lowest BCUT2D eigenvalue weighted by molar-refractivity contribution is -0.138. The van der Waals surface area contributed by atoms with Crippen molar-refractivity contribution in [2.24, 2.45) is 0 Å². The summed E-state index contributed by atoms with van der Waals surface area (Å²) in [5.74, 6) is -0.540. The Morgan fingerprint density at radius 2 is 2.31 bits per heavy atom. The zero-order valence-electron chi connectivity index (χ0n) is 8.32. The molecule has 0 saturated carbocycles. The van der Waals surface area contributed by atoms with Crippen molar-refractivity contribution in [2.45, 2.75) is 13.0 Å². The number of aromatic nitrogens is 5. The third kappa shape index (κ3) is 2.59. The zero-order chi connectivity index (χ0) is 11.4. The standard InChI is InChI=1S/C9H9N5O2/c15-9(16)6-14-12-8(11-13-14)5-7-3-1-2-4-10-7/h1-4H,5-6H2,(H,15,16). The number of carboxylic acids is 1. The fraction of sp³-hybridized carbons (Fsp3) is 0.222. The quantitative estimate of drug-likeness (QED) is 0.761. The van der Waals surface area contributed by atoms with Crippen LogP contribution >= 0.6 is 0 Å². The van der Waals surface area contributed by atoms with E-state index in [1.54, 1.807) is 6.20 Å². The number of nitrogens with zero attached hydrogens (tertiary/aromatic N) is 5. The number of aliphatic carboxylic acids is 1. The van der Waals surface area contributed by atoms with Crippen LogP contribution in [0.4, 0.5) is 0 Å². The Hall–Kier alpha value is -2.31. The fourth-order valence-corrected chi connectivity index (χ4v) is 1.20. The van der Waals surface area contributed by atoms with Crippen LogP contribution in [0.15, 0.2) is 24.4 Å². The van der Waals surface area contributed by atoms with Gasteiger partial charge in [0.25, 0.3) is 0 Å². The second-order valence-corrected chi connectivity index (χ2v) is 3.13. The predicted molar refractivity (Wildman–Crippen MR) is 52.5 cm³/mol. The summed E-state index contributed by atoms with van der Waals surface area (Å²) >= 11 is 0. The Labute approximate surface area is 90.7 Å². The molecule has 16 heavy (non-hydrogen) atoms. The monoisotopic (exact) mass is 219 g/mol. The van der Waals surface area contributed by atoms with Crippen LogP contribution in [-0.2, 0) is 17.8 Å². The van der Waals surface area contributed by atoms with Gasteiger partial charge in [0.1, 0.15) is 0 Å². The first-order valence-electron chi connectivity index (χ1n) is 4.62. The number of hydrogen-bond acceptors (Lipinski definition) is 5. The maximum absolute atomic E-state index is 10.4. The molecule has 0 fully saturated rings. The van der Waals surface area contributed by atoms with Gasteiger partial charge in [0.05, 0.1) is 6.42 Å². The third-order valence-electron chi connectivity index (χ3n) is 1.84. The Kier molecular flexibility index (Phi) is 2.86. The van der Waals surface area contributed by atoms with Crippen LogP contribution in [0.3, 0.4) is 0 Å². The molecule has 2 aromatic rings. The molecule has 0 aliphatic heterocycles. The van der Waals surface area contributed by atoms with Crippen LogP contribution < -0.4 is 0 Å². The van der Waals surface area contributed by atoms with Gasteiger partial charge in [-0.25, -0.2) is 0 Å². The number of tetrazole rings is 1. The van der Waals surface area contributed by atoms with Crippen LogP contribution in [0.25, 0.3) is 0 Å². The number of pyridine rings is 1. The molecule has 0 amide bonds. The molecule has 7 nitrogen and oxygen atoms in total. The number of rotatable bonds is 4. The Morgan fingerprint density at radius 3 is 3.00 bits per heavy atom. The van der Waals surface area contributed by atoms with Gasteiger partial charge in [-0.15, -0.1) is 10.2 Å². The van der Waals surface area contributed by atoms with Crippen molar-refractivity contribution in [3.63, 3.8) is 0 Å². The molecule has 2 aromatic heterocycles. The van der Waals surface area contributed by atoms with E-state index < -0.39 is 5.97 Å². The lowest BCUT2D eigenvalue weighted by Crippen LogP contribution is -2.11. The Bertz CT molecular complexity index is 482. The molecule has 2 heterocycles. The van der Waals surface area contributed by atoms with Crippen molar-refractivity contribution in [1.29, 1.82) is 0 Å². The van der Waals surface area contributed by atoms with Crippen molar-refractivity contribution < 1.29 is 9.90 Å². The van der Waals surface area contributed by atoms with Crippen LogP contribution in [0.5, 0.6) is 0 Å². The molecule has 0 atom stereocenters. The maximum Gasteiger partial charge on any atom is 0.327 e. The van der Waals surface area contributed by atoms with Gasteiger partial charge in [0.2, 0.25) is 0 Å². The van der Waals surface area contributed by atoms with Gasteiger partial charge in [-0.1, -0.05) is 6.07 Å². The van der Waals surface area contributed by atoms with Crippen LogP contribution in [0.2, 0.25) is 0 Å². The van der Waals surface area contributed by atoms with Crippen molar-refractivity contribution in [2.75, 3.05) is 0 Å². The van der Waals surface area contributed by atoms with Crippen LogP contribution in [0, 0.1) is 0 Å². The summed E-state index contributed by atoms with van der Waals surface area (Å²) < 4.78 is 0. The van der Waals surface area contributed by atoms with Gasteiger partial charge in [-0.3, -0.25) is 9.78 Å². The van der Waals surface area contributed by atoms with E-state index in [1.165, 1.54) is 0 Å².